The van der Waals surface area contributed by atoms with Crippen molar-refractivity contribution < 1.29 is 9.84 Å². The fourth-order valence-electron chi connectivity index (χ4n) is 3.40. The van der Waals surface area contributed by atoms with Crippen molar-refractivity contribution in [1.82, 2.24) is 0 Å². The van der Waals surface area contributed by atoms with Gasteiger partial charge in [-0.15, -0.1) is 0 Å². The standard InChI is InChI=1S/C19H24O2/c1-2-21-18-11-10-15-12-17(9-8-16(15)13-18)19(20)14-6-4-3-5-7-14/h8-14,19-20H,2-7H2,1H3/t19-/m1/s1. The molecule has 2 aromatic carbocycles. The first kappa shape index (κ1) is 14.4. The maximum Gasteiger partial charge on any atom is 0.119 e. The molecule has 0 amide bonds. The second kappa shape index (κ2) is 6.48. The Morgan fingerprint density at radius 1 is 1.05 bits per heavy atom. The molecule has 2 aromatic rings. The molecule has 21 heavy (non-hydrogen) atoms. The number of fused-ring (bicyclic) bond motifs is 1. The van der Waals surface area contributed by atoms with Crippen LogP contribution in [0.4, 0.5) is 0 Å². The normalized spacial score (nSPS) is 17.8. The summed E-state index contributed by atoms with van der Waals surface area (Å²) in [4.78, 5) is 0. The Bertz CT molecular complexity index is 600. The molecule has 2 nitrogen and oxygen atoms in total. The summed E-state index contributed by atoms with van der Waals surface area (Å²) in [6.07, 6.45) is 5.83. The summed E-state index contributed by atoms with van der Waals surface area (Å²) >= 11 is 0. The highest BCUT2D eigenvalue weighted by Crippen LogP contribution is 2.35. The second-order valence-corrected chi connectivity index (χ2v) is 6.04. The molecule has 1 saturated carbocycles. The van der Waals surface area contributed by atoms with Crippen molar-refractivity contribution in [2.75, 3.05) is 6.61 Å². The molecule has 1 aliphatic carbocycles. The lowest BCUT2D eigenvalue weighted by molar-refractivity contribution is 0.0849. The van der Waals surface area contributed by atoms with Gasteiger partial charge in [0.05, 0.1) is 12.7 Å². The highest BCUT2D eigenvalue weighted by Gasteiger charge is 2.23. The van der Waals surface area contributed by atoms with Crippen LogP contribution in [0.25, 0.3) is 10.8 Å². The van der Waals surface area contributed by atoms with Gasteiger partial charge in [0.2, 0.25) is 0 Å². The molecule has 0 aliphatic heterocycles. The van der Waals surface area contributed by atoms with Crippen LogP contribution in [0.3, 0.4) is 0 Å². The van der Waals surface area contributed by atoms with Gasteiger partial charge >= 0.3 is 0 Å². The van der Waals surface area contributed by atoms with Gasteiger partial charge in [-0.3, -0.25) is 0 Å². The van der Waals surface area contributed by atoms with Gasteiger partial charge in [0, 0.05) is 0 Å². The van der Waals surface area contributed by atoms with E-state index >= 15 is 0 Å². The van der Waals surface area contributed by atoms with Crippen LogP contribution in [0.1, 0.15) is 50.7 Å². The van der Waals surface area contributed by atoms with E-state index in [-0.39, 0.29) is 6.10 Å². The molecule has 3 rings (SSSR count). The lowest BCUT2D eigenvalue weighted by Crippen LogP contribution is -2.15. The Morgan fingerprint density at radius 2 is 1.76 bits per heavy atom. The highest BCUT2D eigenvalue weighted by atomic mass is 16.5. The molecule has 0 bridgehead atoms. The van der Waals surface area contributed by atoms with E-state index in [2.05, 4.69) is 30.3 Å². The van der Waals surface area contributed by atoms with E-state index in [1.165, 1.54) is 30.0 Å². The summed E-state index contributed by atoms with van der Waals surface area (Å²) in [5.74, 6) is 1.34. The molecule has 112 valence electrons. The molecule has 0 radical (unpaired) electrons. The molecule has 1 N–H and O–H groups in total. The van der Waals surface area contributed by atoms with Gasteiger partial charge in [-0.05, 0) is 60.2 Å². The first-order valence-electron chi connectivity index (χ1n) is 8.12. The third kappa shape index (κ3) is 3.21. The summed E-state index contributed by atoms with van der Waals surface area (Å²) in [5.41, 5.74) is 1.05. The van der Waals surface area contributed by atoms with Crippen molar-refractivity contribution in [1.29, 1.82) is 0 Å². The van der Waals surface area contributed by atoms with Gasteiger partial charge in [-0.1, -0.05) is 37.5 Å². The molecular formula is C19H24O2. The summed E-state index contributed by atoms with van der Waals surface area (Å²) < 4.78 is 5.54. The minimum absolute atomic E-state index is 0.318. The maximum atomic E-state index is 10.6. The summed E-state index contributed by atoms with van der Waals surface area (Å²) in [5, 5.41) is 13.0. The van der Waals surface area contributed by atoms with Gasteiger partial charge < -0.3 is 9.84 Å². The van der Waals surface area contributed by atoms with Gasteiger partial charge in [-0.2, -0.15) is 0 Å². The first-order valence-corrected chi connectivity index (χ1v) is 8.12. The summed E-state index contributed by atoms with van der Waals surface area (Å²) in [6, 6.07) is 12.4. The average molecular weight is 284 g/mol. The van der Waals surface area contributed by atoms with Crippen molar-refractivity contribution in [2.24, 2.45) is 5.92 Å². The Balaban J connectivity index is 1.84. The zero-order valence-corrected chi connectivity index (χ0v) is 12.7. The van der Waals surface area contributed by atoms with Crippen molar-refractivity contribution in [2.45, 2.75) is 45.1 Å². The number of rotatable bonds is 4. The van der Waals surface area contributed by atoms with Crippen LogP contribution in [0, 0.1) is 5.92 Å². The van der Waals surface area contributed by atoms with Gasteiger partial charge in [0.25, 0.3) is 0 Å². The van der Waals surface area contributed by atoms with Crippen molar-refractivity contribution in [3.05, 3.63) is 42.0 Å². The monoisotopic (exact) mass is 284 g/mol. The van der Waals surface area contributed by atoms with Crippen LogP contribution in [-0.4, -0.2) is 11.7 Å². The number of benzene rings is 2. The van der Waals surface area contributed by atoms with E-state index in [0.717, 1.165) is 24.2 Å². The number of hydrogen-bond donors (Lipinski definition) is 1. The van der Waals surface area contributed by atoms with Crippen LogP contribution in [-0.2, 0) is 0 Å². The third-order valence-corrected chi connectivity index (χ3v) is 4.58. The van der Waals surface area contributed by atoms with Crippen LogP contribution in [0.5, 0.6) is 5.75 Å². The van der Waals surface area contributed by atoms with E-state index in [4.69, 9.17) is 4.74 Å². The van der Waals surface area contributed by atoms with Crippen LogP contribution in [0.2, 0.25) is 0 Å². The van der Waals surface area contributed by atoms with Crippen LogP contribution in [0.15, 0.2) is 36.4 Å². The predicted molar refractivity (Wildman–Crippen MR) is 86.7 cm³/mol. The summed E-state index contributed by atoms with van der Waals surface area (Å²) in [6.45, 7) is 2.68. The molecule has 0 heterocycles. The molecule has 0 spiro atoms. The molecule has 1 atom stereocenters. The Kier molecular flexibility index (Phi) is 4.45. The zero-order chi connectivity index (χ0) is 14.7. The molecular weight excluding hydrogens is 260 g/mol. The minimum atomic E-state index is -0.318. The smallest absolute Gasteiger partial charge is 0.119 e. The zero-order valence-electron chi connectivity index (χ0n) is 12.7. The van der Waals surface area contributed by atoms with Crippen molar-refractivity contribution >= 4 is 10.8 Å². The molecule has 0 unspecified atom stereocenters. The fourth-order valence-corrected chi connectivity index (χ4v) is 3.40. The first-order chi connectivity index (χ1) is 10.3. The minimum Gasteiger partial charge on any atom is -0.494 e. The van der Waals surface area contributed by atoms with E-state index in [1.54, 1.807) is 0 Å². The largest absolute Gasteiger partial charge is 0.494 e. The van der Waals surface area contributed by atoms with Crippen LogP contribution < -0.4 is 4.74 Å². The van der Waals surface area contributed by atoms with E-state index in [9.17, 15) is 5.11 Å². The molecule has 1 aliphatic rings. The third-order valence-electron chi connectivity index (χ3n) is 4.58. The number of aliphatic hydroxyl groups is 1. The Morgan fingerprint density at radius 3 is 2.52 bits per heavy atom. The number of aliphatic hydroxyl groups excluding tert-OH is 1. The lowest BCUT2D eigenvalue weighted by Gasteiger charge is -2.27. The van der Waals surface area contributed by atoms with Crippen molar-refractivity contribution in [3.8, 4) is 5.75 Å². The van der Waals surface area contributed by atoms with Gasteiger partial charge in [0.15, 0.2) is 0 Å². The van der Waals surface area contributed by atoms with Gasteiger partial charge in [0.1, 0.15) is 5.75 Å². The van der Waals surface area contributed by atoms with Gasteiger partial charge in [-0.25, -0.2) is 0 Å². The SMILES string of the molecule is CCOc1ccc2cc([C@H](O)C3CCCCC3)ccc2c1. The topological polar surface area (TPSA) is 29.5 Å². The second-order valence-electron chi connectivity index (χ2n) is 6.04. The Labute approximate surface area is 126 Å². The number of ether oxygens (including phenoxy) is 1. The molecule has 2 heteroatoms. The molecule has 1 fully saturated rings. The summed E-state index contributed by atoms with van der Waals surface area (Å²) in [7, 11) is 0. The average Bonchev–Trinajstić information content (AvgIpc) is 2.55. The van der Waals surface area contributed by atoms with E-state index < -0.39 is 0 Å². The maximum absolute atomic E-state index is 10.6. The van der Waals surface area contributed by atoms with Crippen LogP contribution >= 0.6 is 0 Å². The lowest BCUT2D eigenvalue weighted by atomic mass is 9.82. The van der Waals surface area contributed by atoms with Crippen molar-refractivity contribution in [3.63, 3.8) is 0 Å². The fraction of sp³-hybridized carbons (Fsp3) is 0.474. The van der Waals surface area contributed by atoms with E-state index in [0.29, 0.717) is 12.5 Å². The molecule has 0 saturated heterocycles. The Hall–Kier alpha value is -1.54. The molecule has 0 aromatic heterocycles. The quantitative estimate of drug-likeness (QED) is 0.869. The van der Waals surface area contributed by atoms with E-state index in [1.807, 2.05) is 13.0 Å². The predicted octanol–water partition coefficient (Wildman–Crippen LogP) is 4.85. The number of hydrogen-bond acceptors (Lipinski definition) is 2. The highest BCUT2D eigenvalue weighted by molar-refractivity contribution is 5.84.